The summed E-state index contributed by atoms with van der Waals surface area (Å²) in [5, 5.41) is 3.54. The van der Waals surface area contributed by atoms with E-state index in [4.69, 9.17) is 0 Å². The van der Waals surface area contributed by atoms with Crippen molar-refractivity contribution in [1.29, 1.82) is 0 Å². The summed E-state index contributed by atoms with van der Waals surface area (Å²) in [5.74, 6) is 0.572. The number of carbonyl (C=O) groups is 1. The first-order chi connectivity index (χ1) is 8.61. The van der Waals surface area contributed by atoms with Crippen molar-refractivity contribution in [3.05, 3.63) is 0 Å². The maximum Gasteiger partial charge on any atom is 0.305 e. The van der Waals surface area contributed by atoms with Crippen LogP contribution in [0.3, 0.4) is 0 Å². The Morgan fingerprint density at radius 2 is 2.28 bits per heavy atom. The molecule has 0 amide bonds. The van der Waals surface area contributed by atoms with Crippen LogP contribution in [0, 0.1) is 5.92 Å². The molecule has 106 valence electrons. The zero-order valence-electron chi connectivity index (χ0n) is 12.1. The minimum Gasteiger partial charge on any atom is -0.469 e. The van der Waals surface area contributed by atoms with Crippen LogP contribution in [0.15, 0.2) is 0 Å². The number of rotatable bonds is 8. The Hall–Kier alpha value is -0.610. The number of nitrogens with zero attached hydrogens (tertiary/aromatic N) is 1. The second kappa shape index (κ2) is 8.48. The van der Waals surface area contributed by atoms with E-state index in [1.54, 1.807) is 0 Å². The van der Waals surface area contributed by atoms with Gasteiger partial charge in [0, 0.05) is 25.6 Å². The molecule has 0 aromatic carbocycles. The van der Waals surface area contributed by atoms with Crippen molar-refractivity contribution in [2.24, 2.45) is 5.92 Å². The molecule has 1 atom stereocenters. The summed E-state index contributed by atoms with van der Waals surface area (Å²) in [6.07, 6.45) is 4.00. The third kappa shape index (κ3) is 6.36. The first-order valence-corrected chi connectivity index (χ1v) is 7.14. The molecule has 0 radical (unpaired) electrons. The van der Waals surface area contributed by atoms with E-state index in [0.29, 0.717) is 18.4 Å². The van der Waals surface area contributed by atoms with Crippen molar-refractivity contribution in [2.45, 2.75) is 45.6 Å². The molecule has 0 aliphatic carbocycles. The van der Waals surface area contributed by atoms with Gasteiger partial charge >= 0.3 is 5.97 Å². The quantitative estimate of drug-likeness (QED) is 0.671. The lowest BCUT2D eigenvalue weighted by Crippen LogP contribution is -2.40. The maximum atomic E-state index is 11.1. The number of nitrogens with one attached hydrogen (secondary N) is 1. The molecular formula is C14H28N2O2. The summed E-state index contributed by atoms with van der Waals surface area (Å²) in [4.78, 5) is 13.6. The molecule has 4 heteroatoms. The SMILES string of the molecule is COC(=O)CCCN(CC(C)C)CC1CCCN1. The highest BCUT2D eigenvalue weighted by molar-refractivity contribution is 5.69. The van der Waals surface area contributed by atoms with Gasteiger partial charge in [-0.1, -0.05) is 13.8 Å². The van der Waals surface area contributed by atoms with Crippen LogP contribution in [0.4, 0.5) is 0 Å². The fourth-order valence-electron chi connectivity index (χ4n) is 2.55. The molecule has 1 aliphatic rings. The molecule has 0 aromatic heterocycles. The molecule has 18 heavy (non-hydrogen) atoms. The molecule has 1 saturated heterocycles. The third-order valence-corrected chi connectivity index (χ3v) is 3.35. The highest BCUT2D eigenvalue weighted by Crippen LogP contribution is 2.09. The zero-order valence-corrected chi connectivity index (χ0v) is 12.1. The van der Waals surface area contributed by atoms with Crippen LogP contribution in [-0.2, 0) is 9.53 Å². The third-order valence-electron chi connectivity index (χ3n) is 3.35. The van der Waals surface area contributed by atoms with Crippen molar-refractivity contribution in [1.82, 2.24) is 10.2 Å². The number of methoxy groups -OCH3 is 1. The van der Waals surface area contributed by atoms with Crippen molar-refractivity contribution in [2.75, 3.05) is 33.3 Å². The average Bonchev–Trinajstić information content (AvgIpc) is 2.80. The lowest BCUT2D eigenvalue weighted by molar-refractivity contribution is -0.140. The highest BCUT2D eigenvalue weighted by Gasteiger charge is 2.18. The van der Waals surface area contributed by atoms with Crippen LogP contribution in [0.1, 0.15) is 39.5 Å². The predicted octanol–water partition coefficient (Wildman–Crippen LogP) is 1.65. The van der Waals surface area contributed by atoms with E-state index < -0.39 is 0 Å². The van der Waals surface area contributed by atoms with Gasteiger partial charge < -0.3 is 15.0 Å². The van der Waals surface area contributed by atoms with Gasteiger partial charge in [-0.15, -0.1) is 0 Å². The molecule has 1 aliphatic heterocycles. The van der Waals surface area contributed by atoms with Gasteiger partial charge in [-0.3, -0.25) is 4.79 Å². The number of carbonyl (C=O) groups excluding carboxylic acids is 1. The molecule has 1 rings (SSSR count). The van der Waals surface area contributed by atoms with Crippen molar-refractivity contribution < 1.29 is 9.53 Å². The Balaban J connectivity index is 2.27. The number of hydrogen-bond donors (Lipinski definition) is 1. The van der Waals surface area contributed by atoms with Crippen LogP contribution in [0.25, 0.3) is 0 Å². The Labute approximate surface area is 111 Å². The van der Waals surface area contributed by atoms with Gasteiger partial charge in [0.1, 0.15) is 0 Å². The number of esters is 1. The van der Waals surface area contributed by atoms with Crippen LogP contribution in [0.2, 0.25) is 0 Å². The van der Waals surface area contributed by atoms with E-state index in [-0.39, 0.29) is 5.97 Å². The minimum atomic E-state index is -0.0986. The fraction of sp³-hybridized carbons (Fsp3) is 0.929. The van der Waals surface area contributed by atoms with E-state index in [2.05, 4.69) is 28.8 Å². The summed E-state index contributed by atoms with van der Waals surface area (Å²) in [7, 11) is 1.46. The molecule has 0 bridgehead atoms. The molecule has 0 aromatic rings. The normalized spacial score (nSPS) is 19.7. The monoisotopic (exact) mass is 256 g/mol. The second-order valence-electron chi connectivity index (χ2n) is 5.63. The van der Waals surface area contributed by atoms with Gasteiger partial charge in [-0.25, -0.2) is 0 Å². The first-order valence-electron chi connectivity index (χ1n) is 7.14. The van der Waals surface area contributed by atoms with Gasteiger partial charge in [-0.05, 0) is 38.3 Å². The van der Waals surface area contributed by atoms with E-state index >= 15 is 0 Å². The van der Waals surface area contributed by atoms with E-state index in [0.717, 1.165) is 32.6 Å². The van der Waals surface area contributed by atoms with Crippen LogP contribution in [-0.4, -0.2) is 50.2 Å². The molecule has 1 heterocycles. The number of ether oxygens (including phenoxy) is 1. The van der Waals surface area contributed by atoms with Crippen molar-refractivity contribution in [3.63, 3.8) is 0 Å². The Morgan fingerprint density at radius 1 is 1.50 bits per heavy atom. The summed E-state index contributed by atoms with van der Waals surface area (Å²) in [5.41, 5.74) is 0. The number of hydrogen-bond acceptors (Lipinski definition) is 4. The van der Waals surface area contributed by atoms with E-state index in [9.17, 15) is 4.79 Å². The summed E-state index contributed by atoms with van der Waals surface area (Å²) in [6.45, 7) is 8.86. The maximum absolute atomic E-state index is 11.1. The standard InChI is InChI=1S/C14H28N2O2/c1-12(2)10-16(9-5-7-14(17)18-3)11-13-6-4-8-15-13/h12-13,15H,4-11H2,1-3H3. The van der Waals surface area contributed by atoms with Gasteiger partial charge in [0.25, 0.3) is 0 Å². The van der Waals surface area contributed by atoms with Crippen LogP contribution >= 0.6 is 0 Å². The first kappa shape index (κ1) is 15.4. The van der Waals surface area contributed by atoms with Gasteiger partial charge in [-0.2, -0.15) is 0 Å². The van der Waals surface area contributed by atoms with E-state index in [1.807, 2.05) is 0 Å². The summed E-state index contributed by atoms with van der Waals surface area (Å²) in [6, 6.07) is 0.641. The summed E-state index contributed by atoms with van der Waals surface area (Å²) < 4.78 is 4.68. The highest BCUT2D eigenvalue weighted by atomic mass is 16.5. The molecule has 1 fully saturated rings. The smallest absolute Gasteiger partial charge is 0.305 e. The fourth-order valence-corrected chi connectivity index (χ4v) is 2.55. The topological polar surface area (TPSA) is 41.6 Å². The summed E-state index contributed by atoms with van der Waals surface area (Å²) >= 11 is 0. The Bertz CT molecular complexity index is 238. The lowest BCUT2D eigenvalue weighted by Gasteiger charge is -2.27. The molecular weight excluding hydrogens is 228 g/mol. The van der Waals surface area contributed by atoms with Crippen LogP contribution < -0.4 is 5.32 Å². The molecule has 0 spiro atoms. The zero-order chi connectivity index (χ0) is 13.4. The lowest BCUT2D eigenvalue weighted by atomic mass is 10.1. The second-order valence-corrected chi connectivity index (χ2v) is 5.63. The van der Waals surface area contributed by atoms with Gasteiger partial charge in [0.2, 0.25) is 0 Å². The average molecular weight is 256 g/mol. The van der Waals surface area contributed by atoms with Crippen LogP contribution in [0.5, 0.6) is 0 Å². The Kier molecular flexibility index (Phi) is 7.28. The molecule has 1 N–H and O–H groups in total. The molecule has 4 nitrogen and oxygen atoms in total. The minimum absolute atomic E-state index is 0.0986. The van der Waals surface area contributed by atoms with Gasteiger partial charge in [0.05, 0.1) is 7.11 Å². The van der Waals surface area contributed by atoms with Crippen molar-refractivity contribution in [3.8, 4) is 0 Å². The molecule has 1 unspecified atom stereocenters. The van der Waals surface area contributed by atoms with Crippen molar-refractivity contribution >= 4 is 5.97 Å². The Morgan fingerprint density at radius 3 is 2.83 bits per heavy atom. The largest absolute Gasteiger partial charge is 0.469 e. The molecule has 0 saturated carbocycles. The predicted molar refractivity (Wildman–Crippen MR) is 73.6 cm³/mol. The van der Waals surface area contributed by atoms with Gasteiger partial charge in [0.15, 0.2) is 0 Å². The van der Waals surface area contributed by atoms with E-state index in [1.165, 1.54) is 20.0 Å².